The lowest BCUT2D eigenvalue weighted by atomic mass is 9.50. The molecule has 0 bridgehead atoms. The Hall–Kier alpha value is -1.92. The Morgan fingerprint density at radius 1 is 1.38 bits per heavy atom. The van der Waals surface area contributed by atoms with Gasteiger partial charge in [0.2, 0.25) is 0 Å². The molecule has 0 amide bonds. The molecule has 0 N–H and O–H groups in total. The van der Waals surface area contributed by atoms with Gasteiger partial charge in [-0.05, 0) is 55.4 Å². The van der Waals surface area contributed by atoms with Crippen molar-refractivity contribution >= 4 is 5.97 Å². The maximum absolute atomic E-state index is 12.3. The van der Waals surface area contributed by atoms with E-state index >= 15 is 0 Å². The van der Waals surface area contributed by atoms with E-state index in [-0.39, 0.29) is 11.0 Å². The zero-order chi connectivity index (χ0) is 20.6. The van der Waals surface area contributed by atoms with Crippen LogP contribution in [-0.2, 0) is 20.8 Å². The Bertz CT molecular complexity index is 846. The van der Waals surface area contributed by atoms with Crippen molar-refractivity contribution in [2.75, 3.05) is 20.5 Å². The molecule has 1 aliphatic heterocycles. The third kappa shape index (κ3) is 3.68. The molecule has 2 aliphatic carbocycles. The van der Waals surface area contributed by atoms with Crippen molar-refractivity contribution in [1.82, 2.24) is 4.57 Å². The highest BCUT2D eigenvalue weighted by Gasteiger charge is 2.53. The van der Waals surface area contributed by atoms with Gasteiger partial charge in [-0.2, -0.15) is 0 Å². The van der Waals surface area contributed by atoms with Gasteiger partial charge in [-0.1, -0.05) is 19.1 Å². The normalized spacial score (nSPS) is 34.2. The second-order valence-electron chi connectivity index (χ2n) is 8.99. The molecule has 0 aromatic carbocycles. The highest BCUT2D eigenvalue weighted by atomic mass is 16.7. The maximum Gasteiger partial charge on any atom is 0.339 e. The van der Waals surface area contributed by atoms with Crippen LogP contribution in [-0.4, -0.2) is 37.1 Å². The number of rotatable bonds is 4. The average molecular weight is 402 g/mol. The first-order chi connectivity index (χ1) is 13.9. The Morgan fingerprint density at radius 2 is 2.21 bits per heavy atom. The number of methoxy groups -OCH3 is 1. The highest BCUT2D eigenvalue weighted by molar-refractivity contribution is 5.88. The van der Waals surface area contributed by atoms with Crippen molar-refractivity contribution < 1.29 is 19.0 Å². The summed E-state index contributed by atoms with van der Waals surface area (Å²) in [5.41, 5.74) is 1.73. The van der Waals surface area contributed by atoms with Gasteiger partial charge in [0.1, 0.15) is 6.79 Å². The van der Waals surface area contributed by atoms with E-state index in [0.29, 0.717) is 42.8 Å². The number of nitrogens with zero attached hydrogens (tertiary/aromatic N) is 1. The van der Waals surface area contributed by atoms with Crippen LogP contribution in [0.2, 0.25) is 0 Å². The first-order valence-electron chi connectivity index (χ1n) is 10.6. The number of pyridine rings is 1. The summed E-state index contributed by atoms with van der Waals surface area (Å²) in [4.78, 5) is 24.2. The van der Waals surface area contributed by atoms with E-state index in [2.05, 4.69) is 13.5 Å². The van der Waals surface area contributed by atoms with Gasteiger partial charge in [-0.15, -0.1) is 0 Å². The van der Waals surface area contributed by atoms with Crippen molar-refractivity contribution in [2.45, 2.75) is 51.7 Å². The maximum atomic E-state index is 12.3. The lowest BCUT2D eigenvalue weighted by Crippen LogP contribution is -2.54. The zero-order valence-corrected chi connectivity index (χ0v) is 17.4. The molecule has 1 aromatic rings. The third-order valence-electron chi connectivity index (χ3n) is 7.61. The summed E-state index contributed by atoms with van der Waals surface area (Å²) in [6, 6.07) is 2.96. The largest absolute Gasteiger partial charge is 0.465 e. The smallest absolute Gasteiger partial charge is 0.339 e. The fraction of sp³-hybridized carbons (Fsp3) is 0.652. The van der Waals surface area contributed by atoms with Crippen molar-refractivity contribution in [2.24, 2.45) is 23.2 Å². The number of allylic oxidation sites excluding steroid dienone is 1. The van der Waals surface area contributed by atoms with Gasteiger partial charge in [-0.3, -0.25) is 4.79 Å². The van der Waals surface area contributed by atoms with Crippen molar-refractivity contribution in [3.8, 4) is 0 Å². The number of fused-ring (bicyclic) bond motifs is 3. The molecule has 1 aromatic heterocycles. The molecule has 5 atom stereocenters. The standard InChI is InChI=1S/C23H31NO5/c1-15-4-6-19-17-13-28-14-29-20(17)8-10-23(19,2)18(15)9-11-24-12-16(22(26)27-3)5-7-21(24)25/h5,7,12,17-20H,1,4,6,8-11,13-14H2,2-3H3. The van der Waals surface area contributed by atoms with Crippen LogP contribution in [0, 0.1) is 23.2 Å². The molecule has 2 heterocycles. The molecule has 158 valence electrons. The van der Waals surface area contributed by atoms with E-state index in [0.717, 1.165) is 38.7 Å². The quantitative estimate of drug-likeness (QED) is 0.571. The van der Waals surface area contributed by atoms with Gasteiger partial charge in [0.05, 0.1) is 25.4 Å². The molecule has 3 fully saturated rings. The molecular weight excluding hydrogens is 370 g/mol. The van der Waals surface area contributed by atoms with Crippen molar-refractivity contribution in [3.05, 3.63) is 46.4 Å². The predicted molar refractivity (Wildman–Crippen MR) is 109 cm³/mol. The van der Waals surface area contributed by atoms with Gasteiger partial charge in [0.15, 0.2) is 0 Å². The minimum atomic E-state index is -0.427. The van der Waals surface area contributed by atoms with Crippen LogP contribution < -0.4 is 5.56 Å². The topological polar surface area (TPSA) is 66.8 Å². The number of carbonyl (C=O) groups excluding carboxylic acids is 1. The average Bonchev–Trinajstić information content (AvgIpc) is 2.73. The first kappa shape index (κ1) is 20.4. The summed E-state index contributed by atoms with van der Waals surface area (Å²) in [7, 11) is 1.35. The Balaban J connectivity index is 1.54. The summed E-state index contributed by atoms with van der Waals surface area (Å²) in [5.74, 6) is 0.917. The molecule has 6 nitrogen and oxygen atoms in total. The fourth-order valence-corrected chi connectivity index (χ4v) is 6.06. The Morgan fingerprint density at radius 3 is 3.00 bits per heavy atom. The van der Waals surface area contributed by atoms with Crippen LogP contribution in [0.3, 0.4) is 0 Å². The van der Waals surface area contributed by atoms with Crippen LogP contribution in [0.1, 0.15) is 49.4 Å². The number of hydrogen-bond acceptors (Lipinski definition) is 5. The number of ether oxygens (including phenoxy) is 3. The summed E-state index contributed by atoms with van der Waals surface area (Å²) in [6.45, 7) is 8.57. The zero-order valence-electron chi connectivity index (χ0n) is 17.4. The van der Waals surface area contributed by atoms with E-state index in [1.807, 2.05) is 0 Å². The fourth-order valence-electron chi connectivity index (χ4n) is 6.06. The number of hydrogen-bond donors (Lipinski definition) is 0. The monoisotopic (exact) mass is 401 g/mol. The van der Waals surface area contributed by atoms with E-state index in [1.165, 1.54) is 24.8 Å². The SMILES string of the molecule is C=C1CCC2C3COCOC3CCC2(C)C1CCn1cc(C(=O)OC)ccc1=O. The summed E-state index contributed by atoms with van der Waals surface area (Å²) in [6.07, 6.45) is 7.09. The lowest BCUT2D eigenvalue weighted by Gasteiger charge is -2.57. The molecular formula is C23H31NO5. The first-order valence-corrected chi connectivity index (χ1v) is 10.6. The highest BCUT2D eigenvalue weighted by Crippen LogP contribution is 2.58. The molecule has 4 rings (SSSR count). The van der Waals surface area contributed by atoms with Crippen molar-refractivity contribution in [1.29, 1.82) is 0 Å². The van der Waals surface area contributed by atoms with E-state index in [9.17, 15) is 9.59 Å². The number of aromatic nitrogens is 1. The number of carbonyl (C=O) groups is 1. The molecule has 0 radical (unpaired) electrons. The molecule has 6 heteroatoms. The van der Waals surface area contributed by atoms with E-state index < -0.39 is 5.97 Å². The minimum Gasteiger partial charge on any atom is -0.465 e. The molecule has 1 saturated heterocycles. The second kappa shape index (κ2) is 8.07. The van der Waals surface area contributed by atoms with E-state index in [1.54, 1.807) is 10.8 Å². The summed E-state index contributed by atoms with van der Waals surface area (Å²) < 4.78 is 18.0. The van der Waals surface area contributed by atoms with Gasteiger partial charge >= 0.3 is 5.97 Å². The van der Waals surface area contributed by atoms with E-state index in [4.69, 9.17) is 14.2 Å². The van der Waals surface area contributed by atoms with Crippen LogP contribution in [0.4, 0.5) is 0 Å². The summed E-state index contributed by atoms with van der Waals surface area (Å²) in [5, 5.41) is 0. The van der Waals surface area contributed by atoms with Crippen LogP contribution in [0.5, 0.6) is 0 Å². The van der Waals surface area contributed by atoms with Gasteiger partial charge in [-0.25, -0.2) is 4.79 Å². The van der Waals surface area contributed by atoms with Crippen LogP contribution >= 0.6 is 0 Å². The Kier molecular flexibility index (Phi) is 5.67. The third-order valence-corrected chi connectivity index (χ3v) is 7.61. The predicted octanol–water partition coefficient (Wildman–Crippen LogP) is 3.40. The molecule has 0 spiro atoms. The molecule has 2 saturated carbocycles. The number of aryl methyl sites for hydroxylation is 1. The van der Waals surface area contributed by atoms with Gasteiger partial charge in [0.25, 0.3) is 5.56 Å². The molecule has 3 aliphatic rings. The van der Waals surface area contributed by atoms with Crippen molar-refractivity contribution in [3.63, 3.8) is 0 Å². The van der Waals surface area contributed by atoms with Gasteiger partial charge < -0.3 is 18.8 Å². The van der Waals surface area contributed by atoms with Gasteiger partial charge in [0, 0.05) is 24.7 Å². The molecule has 29 heavy (non-hydrogen) atoms. The second-order valence-corrected chi connectivity index (χ2v) is 8.99. The van der Waals surface area contributed by atoms with Crippen LogP contribution in [0.25, 0.3) is 0 Å². The minimum absolute atomic E-state index is 0.0985. The Labute approximate surface area is 171 Å². The summed E-state index contributed by atoms with van der Waals surface area (Å²) >= 11 is 0. The van der Waals surface area contributed by atoms with Crippen LogP contribution in [0.15, 0.2) is 35.3 Å². The lowest BCUT2D eigenvalue weighted by molar-refractivity contribution is -0.218. The molecule has 5 unspecified atom stereocenters. The number of esters is 1.